The summed E-state index contributed by atoms with van der Waals surface area (Å²) in [7, 11) is 0. The van der Waals surface area contributed by atoms with E-state index in [1.165, 1.54) is 17.4 Å². The summed E-state index contributed by atoms with van der Waals surface area (Å²) < 4.78 is 11.5. The van der Waals surface area contributed by atoms with Crippen molar-refractivity contribution in [3.8, 4) is 17.0 Å². The molecule has 6 nitrogen and oxygen atoms in total. The van der Waals surface area contributed by atoms with Crippen molar-refractivity contribution in [3.63, 3.8) is 0 Å². The molecule has 0 radical (unpaired) electrons. The highest BCUT2D eigenvalue weighted by molar-refractivity contribution is 9.10. The summed E-state index contributed by atoms with van der Waals surface area (Å²) in [6.45, 7) is 2.53. The molecule has 0 saturated carbocycles. The monoisotopic (exact) mass is 470 g/mol. The number of rotatable bonds is 5. The number of ether oxygens (including phenoxy) is 1. The predicted molar refractivity (Wildman–Crippen MR) is 117 cm³/mol. The molecule has 1 N–H and O–H groups in total. The Kier molecular flexibility index (Phi) is 5.46. The highest BCUT2D eigenvalue weighted by atomic mass is 79.9. The number of benzene rings is 2. The number of anilines is 1. The summed E-state index contributed by atoms with van der Waals surface area (Å²) in [6.07, 6.45) is 0. The second-order valence-corrected chi connectivity index (χ2v) is 7.85. The fourth-order valence-corrected chi connectivity index (χ4v) is 3.86. The molecule has 0 aliphatic heterocycles. The number of halogens is 1. The molecular weight excluding hydrogens is 456 g/mol. The quantitative estimate of drug-likeness (QED) is 0.398. The molecule has 4 aromatic rings. The smallest absolute Gasteiger partial charge is 0.349 e. The zero-order valence-corrected chi connectivity index (χ0v) is 17.7. The number of thiazole rings is 1. The van der Waals surface area contributed by atoms with Gasteiger partial charge in [-0.05, 0) is 55.5 Å². The maximum absolute atomic E-state index is 12.6. The Morgan fingerprint density at radius 3 is 2.76 bits per heavy atom. The van der Waals surface area contributed by atoms with Crippen LogP contribution in [0.1, 0.15) is 17.3 Å². The average Bonchev–Trinajstić information content (AvgIpc) is 3.17. The summed E-state index contributed by atoms with van der Waals surface area (Å²) >= 11 is 4.65. The minimum Gasteiger partial charge on any atom is -0.494 e. The van der Waals surface area contributed by atoms with Crippen LogP contribution >= 0.6 is 27.3 Å². The van der Waals surface area contributed by atoms with Crippen LogP contribution in [-0.4, -0.2) is 17.5 Å². The largest absolute Gasteiger partial charge is 0.494 e. The summed E-state index contributed by atoms with van der Waals surface area (Å²) in [5, 5.41) is 5.56. The predicted octanol–water partition coefficient (Wildman–Crippen LogP) is 5.33. The van der Waals surface area contributed by atoms with Gasteiger partial charge in [0.05, 0.1) is 12.3 Å². The molecular formula is C21H15BrN2O4S. The van der Waals surface area contributed by atoms with Crippen molar-refractivity contribution in [1.82, 2.24) is 4.98 Å². The van der Waals surface area contributed by atoms with Gasteiger partial charge in [0.15, 0.2) is 5.13 Å². The third kappa shape index (κ3) is 4.23. The van der Waals surface area contributed by atoms with E-state index in [2.05, 4.69) is 26.2 Å². The van der Waals surface area contributed by atoms with Gasteiger partial charge in [-0.3, -0.25) is 10.1 Å². The second kappa shape index (κ2) is 8.18. The first-order chi connectivity index (χ1) is 14.0. The molecule has 29 heavy (non-hydrogen) atoms. The van der Waals surface area contributed by atoms with E-state index >= 15 is 0 Å². The Morgan fingerprint density at radius 2 is 2.00 bits per heavy atom. The van der Waals surface area contributed by atoms with E-state index < -0.39 is 11.5 Å². The first kappa shape index (κ1) is 19.4. The fourth-order valence-electron chi connectivity index (χ4n) is 2.77. The average molecular weight is 471 g/mol. The lowest BCUT2D eigenvalue weighted by atomic mass is 10.2. The van der Waals surface area contributed by atoms with E-state index in [9.17, 15) is 9.59 Å². The van der Waals surface area contributed by atoms with Crippen LogP contribution in [-0.2, 0) is 0 Å². The van der Waals surface area contributed by atoms with Gasteiger partial charge in [-0.25, -0.2) is 9.78 Å². The molecule has 2 heterocycles. The van der Waals surface area contributed by atoms with Crippen molar-refractivity contribution < 1.29 is 13.9 Å². The Balaban J connectivity index is 1.55. The molecule has 0 spiro atoms. The maximum atomic E-state index is 12.6. The summed E-state index contributed by atoms with van der Waals surface area (Å²) in [4.78, 5) is 29.2. The van der Waals surface area contributed by atoms with Crippen LogP contribution in [0.5, 0.6) is 5.75 Å². The van der Waals surface area contributed by atoms with E-state index in [1.807, 2.05) is 36.6 Å². The van der Waals surface area contributed by atoms with Crippen LogP contribution in [0.15, 0.2) is 67.6 Å². The van der Waals surface area contributed by atoms with Gasteiger partial charge in [0.2, 0.25) is 0 Å². The lowest BCUT2D eigenvalue weighted by Crippen LogP contribution is -2.20. The number of carbonyl (C=O) groups is 1. The Hall–Kier alpha value is -2.97. The van der Waals surface area contributed by atoms with Crippen molar-refractivity contribution in [2.75, 3.05) is 11.9 Å². The number of carbonyl (C=O) groups excluding carboxylic acids is 1. The Morgan fingerprint density at radius 1 is 1.21 bits per heavy atom. The Labute approximate surface area is 178 Å². The summed E-state index contributed by atoms with van der Waals surface area (Å²) in [5.41, 5.74) is 1.28. The highest BCUT2D eigenvalue weighted by Crippen LogP contribution is 2.27. The normalized spacial score (nSPS) is 10.8. The van der Waals surface area contributed by atoms with Gasteiger partial charge < -0.3 is 9.15 Å². The van der Waals surface area contributed by atoms with Crippen molar-refractivity contribution in [2.24, 2.45) is 0 Å². The molecule has 0 fully saturated rings. The van der Waals surface area contributed by atoms with Crippen LogP contribution in [0, 0.1) is 0 Å². The van der Waals surface area contributed by atoms with Gasteiger partial charge in [0.1, 0.15) is 16.9 Å². The number of nitrogens with zero attached hydrogens (tertiary/aromatic N) is 1. The molecule has 0 bridgehead atoms. The standard InChI is InChI=1S/C21H15BrN2O4S/c1-2-27-15-6-3-12(4-7-15)17-11-29-21(23-17)24-19(25)16-10-13-9-14(22)5-8-18(13)28-20(16)26/h3-11H,2H2,1H3,(H,23,24,25). The first-order valence-corrected chi connectivity index (χ1v) is 10.4. The SMILES string of the molecule is CCOc1ccc(-c2csc(NC(=O)c3cc4cc(Br)ccc4oc3=O)n2)cc1. The van der Waals surface area contributed by atoms with Crippen LogP contribution < -0.4 is 15.7 Å². The molecule has 8 heteroatoms. The lowest BCUT2D eigenvalue weighted by Gasteiger charge is -2.04. The van der Waals surface area contributed by atoms with Gasteiger partial charge >= 0.3 is 5.63 Å². The minimum atomic E-state index is -0.694. The van der Waals surface area contributed by atoms with Gasteiger partial charge in [0.25, 0.3) is 5.91 Å². The molecule has 0 saturated heterocycles. The zero-order valence-electron chi connectivity index (χ0n) is 15.3. The van der Waals surface area contributed by atoms with E-state index in [-0.39, 0.29) is 5.56 Å². The van der Waals surface area contributed by atoms with Crippen molar-refractivity contribution in [1.29, 1.82) is 0 Å². The van der Waals surface area contributed by atoms with Crippen LogP contribution in [0.25, 0.3) is 22.2 Å². The zero-order chi connectivity index (χ0) is 20.4. The number of fused-ring (bicyclic) bond motifs is 1. The van der Waals surface area contributed by atoms with E-state index in [4.69, 9.17) is 9.15 Å². The van der Waals surface area contributed by atoms with Crippen LogP contribution in [0.3, 0.4) is 0 Å². The number of aromatic nitrogens is 1. The van der Waals surface area contributed by atoms with E-state index in [1.54, 1.807) is 18.2 Å². The van der Waals surface area contributed by atoms with Gasteiger partial charge in [0, 0.05) is 20.8 Å². The maximum Gasteiger partial charge on any atom is 0.349 e. The molecule has 4 rings (SSSR count). The van der Waals surface area contributed by atoms with Crippen LogP contribution in [0.4, 0.5) is 5.13 Å². The van der Waals surface area contributed by atoms with E-state index in [0.717, 1.165) is 21.5 Å². The molecule has 0 aliphatic rings. The molecule has 2 aromatic carbocycles. The topological polar surface area (TPSA) is 81.4 Å². The molecule has 146 valence electrons. The van der Waals surface area contributed by atoms with Gasteiger partial charge in [-0.2, -0.15) is 0 Å². The Bertz CT molecular complexity index is 1250. The van der Waals surface area contributed by atoms with Crippen LogP contribution in [0.2, 0.25) is 0 Å². The third-order valence-electron chi connectivity index (χ3n) is 4.12. The van der Waals surface area contributed by atoms with Crippen molar-refractivity contribution >= 4 is 49.3 Å². The molecule has 2 aromatic heterocycles. The summed E-state index contributed by atoms with van der Waals surface area (Å²) in [5.74, 6) is 0.225. The number of hydrogen-bond donors (Lipinski definition) is 1. The second-order valence-electron chi connectivity index (χ2n) is 6.08. The number of nitrogens with one attached hydrogen (secondary N) is 1. The van der Waals surface area contributed by atoms with Gasteiger partial charge in [-0.15, -0.1) is 11.3 Å². The van der Waals surface area contributed by atoms with Crippen molar-refractivity contribution in [3.05, 3.63) is 74.4 Å². The number of amides is 1. The number of hydrogen-bond acceptors (Lipinski definition) is 6. The first-order valence-electron chi connectivity index (χ1n) is 8.77. The molecule has 0 aliphatic carbocycles. The molecule has 1 amide bonds. The van der Waals surface area contributed by atoms with Gasteiger partial charge in [-0.1, -0.05) is 15.9 Å². The highest BCUT2D eigenvalue weighted by Gasteiger charge is 2.16. The van der Waals surface area contributed by atoms with Crippen molar-refractivity contribution in [2.45, 2.75) is 6.92 Å². The fraction of sp³-hybridized carbons (Fsp3) is 0.0952. The third-order valence-corrected chi connectivity index (χ3v) is 5.38. The minimum absolute atomic E-state index is 0.0755. The summed E-state index contributed by atoms with van der Waals surface area (Å²) in [6, 6.07) is 14.3. The lowest BCUT2D eigenvalue weighted by molar-refractivity contribution is 0.102. The molecule has 0 unspecified atom stereocenters. The molecule has 0 atom stereocenters. The van der Waals surface area contributed by atoms with E-state index in [0.29, 0.717) is 22.7 Å².